The molecule has 1 N–H and O–H groups in total. The van der Waals surface area contributed by atoms with Gasteiger partial charge in [0.1, 0.15) is 30.4 Å². The number of hydrogen-bond acceptors (Lipinski definition) is 6. The second-order valence-electron chi connectivity index (χ2n) is 6.87. The van der Waals surface area contributed by atoms with E-state index in [4.69, 9.17) is 14.2 Å². The molecule has 9 heteroatoms. The molecule has 0 aliphatic rings. The zero-order valence-electron chi connectivity index (χ0n) is 18.4. The van der Waals surface area contributed by atoms with Crippen molar-refractivity contribution in [3.05, 3.63) is 78.9 Å². The highest BCUT2D eigenvalue weighted by atomic mass is 32.2. The Balaban J connectivity index is 1.81. The molecular formula is C24H26N2O6S. The van der Waals surface area contributed by atoms with Gasteiger partial charge in [-0.25, -0.2) is 8.42 Å². The van der Waals surface area contributed by atoms with Crippen LogP contribution < -0.4 is 23.8 Å². The summed E-state index contributed by atoms with van der Waals surface area (Å²) in [6.07, 6.45) is 0. The Labute approximate surface area is 193 Å². The van der Waals surface area contributed by atoms with Crippen LogP contribution in [0, 0.1) is 0 Å². The lowest BCUT2D eigenvalue weighted by Gasteiger charge is -2.26. The summed E-state index contributed by atoms with van der Waals surface area (Å²) in [6, 6.07) is 21.9. The number of para-hydroxylation sites is 1. The minimum absolute atomic E-state index is 0.0510. The van der Waals surface area contributed by atoms with E-state index in [9.17, 15) is 13.2 Å². The molecular weight excluding hydrogens is 444 g/mol. The average Bonchev–Trinajstić information content (AvgIpc) is 2.86. The van der Waals surface area contributed by atoms with Gasteiger partial charge >= 0.3 is 0 Å². The zero-order valence-corrected chi connectivity index (χ0v) is 19.2. The molecule has 3 aromatic rings. The van der Waals surface area contributed by atoms with Gasteiger partial charge < -0.3 is 19.5 Å². The number of nitrogens with zero attached hydrogens (tertiary/aromatic N) is 1. The molecule has 3 aromatic carbocycles. The predicted octanol–water partition coefficient (Wildman–Crippen LogP) is 3.09. The fraction of sp³-hybridized carbons (Fsp3) is 0.208. The van der Waals surface area contributed by atoms with Crippen molar-refractivity contribution in [3.63, 3.8) is 0 Å². The summed E-state index contributed by atoms with van der Waals surface area (Å²) in [6.45, 7) is -0.00202. The van der Waals surface area contributed by atoms with Crippen LogP contribution in [0.2, 0.25) is 0 Å². The van der Waals surface area contributed by atoms with Gasteiger partial charge in [0, 0.05) is 6.07 Å². The quantitative estimate of drug-likeness (QED) is 0.433. The van der Waals surface area contributed by atoms with Gasteiger partial charge in [-0.1, -0.05) is 36.4 Å². The van der Waals surface area contributed by atoms with E-state index in [2.05, 4.69) is 5.32 Å². The van der Waals surface area contributed by atoms with E-state index < -0.39 is 22.5 Å². The van der Waals surface area contributed by atoms with E-state index in [1.807, 2.05) is 30.3 Å². The van der Waals surface area contributed by atoms with Crippen molar-refractivity contribution < 1.29 is 27.4 Å². The van der Waals surface area contributed by atoms with Gasteiger partial charge in [-0.15, -0.1) is 0 Å². The third-order valence-electron chi connectivity index (χ3n) is 4.71. The summed E-state index contributed by atoms with van der Waals surface area (Å²) in [5, 5.41) is 2.70. The van der Waals surface area contributed by atoms with Crippen LogP contribution in [0.25, 0.3) is 0 Å². The summed E-state index contributed by atoms with van der Waals surface area (Å²) < 4.78 is 44.2. The van der Waals surface area contributed by atoms with E-state index in [-0.39, 0.29) is 29.5 Å². The monoisotopic (exact) mass is 470 g/mol. The van der Waals surface area contributed by atoms with E-state index >= 15 is 0 Å². The van der Waals surface area contributed by atoms with Crippen LogP contribution in [0.1, 0.15) is 0 Å². The largest absolute Gasteiger partial charge is 0.497 e. The first-order valence-corrected chi connectivity index (χ1v) is 11.6. The van der Waals surface area contributed by atoms with Crippen molar-refractivity contribution in [3.8, 4) is 17.2 Å². The Hall–Kier alpha value is -3.72. The summed E-state index contributed by atoms with van der Waals surface area (Å²) in [7, 11) is -1.17. The summed E-state index contributed by atoms with van der Waals surface area (Å²) in [4.78, 5) is 12.8. The Morgan fingerprint density at radius 3 is 2.18 bits per heavy atom. The zero-order chi connectivity index (χ0) is 23.7. The predicted molar refractivity (Wildman–Crippen MR) is 125 cm³/mol. The second kappa shape index (κ2) is 11.2. The summed E-state index contributed by atoms with van der Waals surface area (Å²) in [5.41, 5.74) is 0.191. The smallest absolute Gasteiger partial charge is 0.264 e. The number of sulfonamides is 1. The number of rotatable bonds is 11. The van der Waals surface area contributed by atoms with Crippen LogP contribution in [-0.2, 0) is 14.8 Å². The van der Waals surface area contributed by atoms with Crippen molar-refractivity contribution in [2.75, 3.05) is 38.2 Å². The highest BCUT2D eigenvalue weighted by molar-refractivity contribution is 7.92. The van der Waals surface area contributed by atoms with Crippen molar-refractivity contribution >= 4 is 21.6 Å². The first-order chi connectivity index (χ1) is 16.0. The van der Waals surface area contributed by atoms with Gasteiger partial charge in [0.05, 0.1) is 31.3 Å². The number of methoxy groups -OCH3 is 2. The molecule has 0 aromatic heterocycles. The molecule has 0 unspecified atom stereocenters. The van der Waals surface area contributed by atoms with E-state index in [1.165, 1.54) is 32.4 Å². The van der Waals surface area contributed by atoms with Gasteiger partial charge in [0.25, 0.3) is 10.0 Å². The number of anilines is 1. The molecule has 0 fully saturated rings. The van der Waals surface area contributed by atoms with Crippen LogP contribution in [0.4, 0.5) is 5.69 Å². The number of carbonyl (C=O) groups excluding carboxylic acids is 1. The number of hydrogen-bond donors (Lipinski definition) is 1. The van der Waals surface area contributed by atoms with E-state index in [0.29, 0.717) is 11.5 Å². The van der Waals surface area contributed by atoms with Crippen LogP contribution >= 0.6 is 0 Å². The summed E-state index contributed by atoms with van der Waals surface area (Å²) >= 11 is 0. The second-order valence-corrected chi connectivity index (χ2v) is 8.74. The van der Waals surface area contributed by atoms with Gasteiger partial charge in [-0.05, 0) is 36.4 Å². The minimum atomic E-state index is -4.07. The third kappa shape index (κ3) is 6.17. The number of ether oxygens (including phenoxy) is 3. The molecule has 0 saturated carbocycles. The van der Waals surface area contributed by atoms with Gasteiger partial charge in [0.2, 0.25) is 5.91 Å². The lowest BCUT2D eigenvalue weighted by molar-refractivity contribution is -0.119. The molecule has 3 rings (SSSR count). The van der Waals surface area contributed by atoms with Gasteiger partial charge in [-0.3, -0.25) is 9.10 Å². The van der Waals surface area contributed by atoms with Crippen molar-refractivity contribution in [2.24, 2.45) is 0 Å². The molecule has 1 amide bonds. The summed E-state index contributed by atoms with van der Waals surface area (Å²) in [5.74, 6) is 0.906. The lowest BCUT2D eigenvalue weighted by Crippen LogP contribution is -2.42. The Kier molecular flexibility index (Phi) is 8.15. The van der Waals surface area contributed by atoms with Crippen LogP contribution in [0.5, 0.6) is 17.2 Å². The van der Waals surface area contributed by atoms with E-state index in [1.54, 1.807) is 30.3 Å². The highest BCUT2D eigenvalue weighted by Crippen LogP contribution is 2.35. The average molecular weight is 471 g/mol. The molecule has 174 valence electrons. The number of amides is 1. The van der Waals surface area contributed by atoms with Crippen LogP contribution in [0.15, 0.2) is 83.8 Å². The number of nitrogens with one attached hydrogen (secondary N) is 1. The topological polar surface area (TPSA) is 94.2 Å². The number of benzene rings is 3. The fourth-order valence-electron chi connectivity index (χ4n) is 3.07. The first kappa shape index (κ1) is 23.9. The minimum Gasteiger partial charge on any atom is -0.497 e. The molecule has 0 atom stereocenters. The Morgan fingerprint density at radius 2 is 1.55 bits per heavy atom. The molecule has 0 heterocycles. The SMILES string of the molecule is COc1ccc(OC)c(N(CC(=O)NCCOc2ccccc2)S(=O)(=O)c2ccccc2)c1. The Morgan fingerprint density at radius 1 is 0.879 bits per heavy atom. The molecule has 0 saturated heterocycles. The van der Waals surface area contributed by atoms with Gasteiger partial charge in [-0.2, -0.15) is 0 Å². The number of carbonyl (C=O) groups is 1. The maximum Gasteiger partial charge on any atom is 0.264 e. The van der Waals surface area contributed by atoms with E-state index in [0.717, 1.165) is 4.31 Å². The molecule has 0 spiro atoms. The van der Waals surface area contributed by atoms with Crippen molar-refractivity contribution in [1.29, 1.82) is 0 Å². The molecule has 0 radical (unpaired) electrons. The van der Waals surface area contributed by atoms with Crippen molar-refractivity contribution in [1.82, 2.24) is 5.32 Å². The Bertz CT molecular complexity index is 1150. The fourth-order valence-corrected chi connectivity index (χ4v) is 4.52. The highest BCUT2D eigenvalue weighted by Gasteiger charge is 2.29. The van der Waals surface area contributed by atoms with Crippen LogP contribution in [-0.4, -0.2) is 48.2 Å². The molecule has 33 heavy (non-hydrogen) atoms. The van der Waals surface area contributed by atoms with Crippen LogP contribution in [0.3, 0.4) is 0 Å². The molecule has 0 aliphatic heterocycles. The maximum atomic E-state index is 13.5. The lowest BCUT2D eigenvalue weighted by atomic mass is 10.2. The first-order valence-electron chi connectivity index (χ1n) is 10.2. The van der Waals surface area contributed by atoms with Crippen molar-refractivity contribution in [2.45, 2.75) is 4.90 Å². The molecule has 8 nitrogen and oxygen atoms in total. The normalized spacial score (nSPS) is 10.8. The molecule has 0 bridgehead atoms. The third-order valence-corrected chi connectivity index (χ3v) is 6.48. The van der Waals surface area contributed by atoms with Gasteiger partial charge in [0.15, 0.2) is 0 Å². The standard InChI is InChI=1S/C24H26N2O6S/c1-30-20-13-14-23(31-2)22(17-20)26(33(28,29)21-11-7-4-8-12-21)18-24(27)25-15-16-32-19-9-5-3-6-10-19/h3-14,17H,15-16,18H2,1-2H3,(H,25,27). The maximum absolute atomic E-state index is 13.5. The molecule has 0 aliphatic carbocycles.